The average Bonchev–Trinajstić information content (AvgIpc) is 1.59. The minimum Gasteiger partial charge on any atom is -0.424 e. The summed E-state index contributed by atoms with van der Waals surface area (Å²) in [5, 5.41) is 0. The van der Waals surface area contributed by atoms with Crippen molar-refractivity contribution in [2.45, 2.75) is 40.2 Å². The van der Waals surface area contributed by atoms with Gasteiger partial charge in [-0.15, -0.1) is 0 Å². The molecule has 1 fully saturated rings. The van der Waals surface area contributed by atoms with Crippen LogP contribution in [0.4, 0.5) is 0 Å². The Labute approximate surface area is 66.7 Å². The SMILES string of the molecule is CC1(C)CC(C)(C)C1O[SiH3]. The van der Waals surface area contributed by atoms with E-state index in [4.69, 9.17) is 4.43 Å². The van der Waals surface area contributed by atoms with Crippen molar-refractivity contribution in [1.29, 1.82) is 0 Å². The Hall–Kier alpha value is 0.177. The van der Waals surface area contributed by atoms with Crippen LogP contribution in [0.5, 0.6) is 0 Å². The van der Waals surface area contributed by atoms with Crippen molar-refractivity contribution in [2.24, 2.45) is 10.8 Å². The molecule has 0 radical (unpaired) electrons. The molecule has 1 saturated carbocycles. The summed E-state index contributed by atoms with van der Waals surface area (Å²) >= 11 is 0. The molecule has 1 aliphatic rings. The molecule has 1 rings (SSSR count). The first-order chi connectivity index (χ1) is 4.40. The van der Waals surface area contributed by atoms with Crippen molar-refractivity contribution >= 4 is 10.5 Å². The highest BCUT2D eigenvalue weighted by atomic mass is 28.2. The topological polar surface area (TPSA) is 9.23 Å². The van der Waals surface area contributed by atoms with E-state index < -0.39 is 0 Å². The molecule has 0 atom stereocenters. The fourth-order valence-electron chi connectivity index (χ4n) is 2.92. The average molecular weight is 158 g/mol. The number of rotatable bonds is 1. The maximum Gasteiger partial charge on any atom is 0.146 e. The lowest BCUT2D eigenvalue weighted by molar-refractivity contribution is -0.131. The molecule has 2 heteroatoms. The van der Waals surface area contributed by atoms with Crippen LogP contribution in [0.2, 0.25) is 0 Å². The second kappa shape index (κ2) is 2.08. The van der Waals surface area contributed by atoms with Crippen LogP contribution in [0.25, 0.3) is 0 Å². The van der Waals surface area contributed by atoms with Gasteiger partial charge in [0.2, 0.25) is 0 Å². The molecule has 0 N–H and O–H groups in total. The van der Waals surface area contributed by atoms with Crippen LogP contribution >= 0.6 is 0 Å². The minimum absolute atomic E-state index is 0.436. The zero-order valence-electron chi connectivity index (χ0n) is 7.69. The Balaban J connectivity index is 2.64. The fraction of sp³-hybridized carbons (Fsp3) is 1.00. The van der Waals surface area contributed by atoms with Crippen molar-refractivity contribution in [3.05, 3.63) is 0 Å². The largest absolute Gasteiger partial charge is 0.424 e. The summed E-state index contributed by atoms with van der Waals surface area (Å²) in [6.45, 7) is 9.17. The summed E-state index contributed by atoms with van der Waals surface area (Å²) in [5.41, 5.74) is 0.872. The normalized spacial score (nSPS) is 30.0. The van der Waals surface area contributed by atoms with Gasteiger partial charge in [-0.1, -0.05) is 27.7 Å². The van der Waals surface area contributed by atoms with Gasteiger partial charge in [-0.05, 0) is 17.3 Å². The van der Waals surface area contributed by atoms with Crippen LogP contribution in [0.1, 0.15) is 34.1 Å². The fourth-order valence-corrected chi connectivity index (χ4v) is 4.20. The first-order valence-electron chi connectivity index (χ1n) is 3.93. The van der Waals surface area contributed by atoms with Crippen molar-refractivity contribution in [2.75, 3.05) is 0 Å². The lowest BCUT2D eigenvalue weighted by atomic mass is 9.54. The highest BCUT2D eigenvalue weighted by molar-refractivity contribution is 5.98. The second-order valence-electron chi connectivity index (χ2n) is 4.77. The second-order valence-corrected chi connectivity index (χ2v) is 5.24. The van der Waals surface area contributed by atoms with Crippen LogP contribution in [0, 0.1) is 10.8 Å². The quantitative estimate of drug-likeness (QED) is 0.519. The zero-order chi connectivity index (χ0) is 7.99. The van der Waals surface area contributed by atoms with Crippen molar-refractivity contribution in [1.82, 2.24) is 0 Å². The monoisotopic (exact) mass is 158 g/mol. The highest BCUT2D eigenvalue weighted by Gasteiger charge is 2.52. The third-order valence-electron chi connectivity index (χ3n) is 2.57. The van der Waals surface area contributed by atoms with E-state index in [0.29, 0.717) is 16.9 Å². The molecular formula is C8H18OSi. The molecule has 60 valence electrons. The minimum atomic E-state index is 0.436. The molecule has 0 bridgehead atoms. The van der Waals surface area contributed by atoms with E-state index in [-0.39, 0.29) is 0 Å². The van der Waals surface area contributed by atoms with Gasteiger partial charge in [0.1, 0.15) is 10.5 Å². The molecule has 0 aromatic heterocycles. The van der Waals surface area contributed by atoms with E-state index in [2.05, 4.69) is 27.7 Å². The summed E-state index contributed by atoms with van der Waals surface area (Å²) in [4.78, 5) is 0. The van der Waals surface area contributed by atoms with Crippen molar-refractivity contribution < 1.29 is 4.43 Å². The predicted molar refractivity (Wildman–Crippen MR) is 47.0 cm³/mol. The Morgan fingerprint density at radius 3 is 1.70 bits per heavy atom. The Morgan fingerprint density at radius 2 is 1.60 bits per heavy atom. The lowest BCUT2D eigenvalue weighted by Gasteiger charge is -2.57. The number of hydrogen-bond acceptors (Lipinski definition) is 1. The van der Waals surface area contributed by atoms with Crippen LogP contribution in [-0.4, -0.2) is 16.6 Å². The van der Waals surface area contributed by atoms with Gasteiger partial charge in [-0.25, -0.2) is 0 Å². The van der Waals surface area contributed by atoms with Gasteiger partial charge in [0, 0.05) is 0 Å². The molecule has 0 aromatic carbocycles. The molecule has 1 aliphatic carbocycles. The molecular weight excluding hydrogens is 140 g/mol. The van der Waals surface area contributed by atoms with Crippen LogP contribution < -0.4 is 0 Å². The summed E-state index contributed by atoms with van der Waals surface area (Å²) < 4.78 is 5.56. The summed E-state index contributed by atoms with van der Waals surface area (Å²) in [5.74, 6) is 0. The molecule has 0 saturated heterocycles. The van der Waals surface area contributed by atoms with Gasteiger partial charge in [0.15, 0.2) is 0 Å². The van der Waals surface area contributed by atoms with Gasteiger partial charge in [-0.3, -0.25) is 0 Å². The molecule has 0 unspecified atom stereocenters. The van der Waals surface area contributed by atoms with E-state index in [9.17, 15) is 0 Å². The van der Waals surface area contributed by atoms with Crippen LogP contribution in [0.3, 0.4) is 0 Å². The molecule has 0 spiro atoms. The van der Waals surface area contributed by atoms with Gasteiger partial charge in [-0.2, -0.15) is 0 Å². The molecule has 0 amide bonds. The third kappa shape index (κ3) is 1.03. The van der Waals surface area contributed by atoms with Gasteiger partial charge in [0.05, 0.1) is 6.10 Å². The highest BCUT2D eigenvalue weighted by Crippen LogP contribution is 2.54. The van der Waals surface area contributed by atoms with Gasteiger partial charge in [0.25, 0.3) is 0 Å². The summed E-state index contributed by atoms with van der Waals surface area (Å²) in [6, 6.07) is 0. The van der Waals surface area contributed by atoms with E-state index in [0.717, 1.165) is 10.5 Å². The standard InChI is InChI=1S/C8H18OSi/c1-7(2)5-8(3,4)6(7)9-10/h6H,5H2,1-4,10H3. The van der Waals surface area contributed by atoms with Crippen LogP contribution in [-0.2, 0) is 4.43 Å². The summed E-state index contributed by atoms with van der Waals surface area (Å²) in [6.07, 6.45) is 1.80. The number of hydrogen-bond donors (Lipinski definition) is 0. The van der Waals surface area contributed by atoms with Crippen molar-refractivity contribution in [3.63, 3.8) is 0 Å². The smallest absolute Gasteiger partial charge is 0.146 e. The lowest BCUT2D eigenvalue weighted by Crippen LogP contribution is -2.56. The van der Waals surface area contributed by atoms with Crippen molar-refractivity contribution in [3.8, 4) is 0 Å². The van der Waals surface area contributed by atoms with E-state index >= 15 is 0 Å². The summed E-state index contributed by atoms with van der Waals surface area (Å²) in [7, 11) is 0.876. The van der Waals surface area contributed by atoms with Crippen LogP contribution in [0.15, 0.2) is 0 Å². The predicted octanol–water partition coefficient (Wildman–Crippen LogP) is 1.11. The molecule has 0 heterocycles. The molecule has 1 nitrogen and oxygen atoms in total. The first-order valence-corrected chi connectivity index (χ1v) is 4.74. The van der Waals surface area contributed by atoms with Gasteiger partial charge >= 0.3 is 0 Å². The third-order valence-corrected chi connectivity index (χ3v) is 3.04. The van der Waals surface area contributed by atoms with E-state index in [1.54, 1.807) is 0 Å². The van der Waals surface area contributed by atoms with Gasteiger partial charge < -0.3 is 4.43 Å². The molecule has 0 aliphatic heterocycles. The zero-order valence-corrected chi connectivity index (χ0v) is 9.69. The maximum absolute atomic E-state index is 5.56. The van der Waals surface area contributed by atoms with E-state index in [1.165, 1.54) is 6.42 Å². The van der Waals surface area contributed by atoms with E-state index in [1.807, 2.05) is 0 Å². The molecule has 10 heavy (non-hydrogen) atoms. The molecule has 0 aromatic rings. The first kappa shape index (κ1) is 8.28. The Kier molecular flexibility index (Phi) is 1.72. The Bertz CT molecular complexity index is 126. The Morgan fingerprint density at radius 1 is 1.20 bits per heavy atom. The maximum atomic E-state index is 5.56.